The van der Waals surface area contributed by atoms with Gasteiger partial charge in [-0.05, 0) is 11.6 Å². The van der Waals surface area contributed by atoms with Crippen LogP contribution in [0.25, 0.3) is 5.69 Å². The first kappa shape index (κ1) is 14.0. The van der Waals surface area contributed by atoms with Crippen LogP contribution in [0.2, 0.25) is 0 Å². The summed E-state index contributed by atoms with van der Waals surface area (Å²) in [6, 6.07) is 8.06. The Kier molecular flexibility index (Phi) is 4.45. The van der Waals surface area contributed by atoms with Gasteiger partial charge in [0.25, 0.3) is 0 Å². The first-order chi connectivity index (χ1) is 10.3. The Morgan fingerprint density at radius 3 is 2.86 bits per heavy atom. The number of nitrogens with zero attached hydrogens (tertiary/aromatic N) is 3. The van der Waals surface area contributed by atoms with Crippen molar-refractivity contribution in [2.75, 3.05) is 24.6 Å². The molecule has 5 nitrogen and oxygen atoms in total. The zero-order chi connectivity index (χ0) is 14.5. The van der Waals surface area contributed by atoms with E-state index in [4.69, 9.17) is 0 Å². The van der Waals surface area contributed by atoms with Crippen LogP contribution in [-0.2, 0) is 6.54 Å². The van der Waals surface area contributed by atoms with E-state index in [1.807, 2.05) is 51.7 Å². The van der Waals surface area contributed by atoms with Crippen molar-refractivity contribution in [1.29, 1.82) is 0 Å². The van der Waals surface area contributed by atoms with Crippen LogP contribution in [0.4, 0.5) is 4.79 Å². The van der Waals surface area contributed by atoms with Gasteiger partial charge < -0.3 is 14.8 Å². The largest absolute Gasteiger partial charge is 0.334 e. The number of aromatic nitrogens is 2. The molecule has 1 N–H and O–H groups in total. The number of para-hydroxylation sites is 1. The number of thioether (sulfide) groups is 1. The van der Waals surface area contributed by atoms with Crippen molar-refractivity contribution < 1.29 is 4.79 Å². The molecule has 1 aliphatic rings. The molecule has 21 heavy (non-hydrogen) atoms. The molecule has 1 saturated heterocycles. The quantitative estimate of drug-likeness (QED) is 0.945. The lowest BCUT2D eigenvalue weighted by molar-refractivity contribution is 0.202. The molecule has 110 valence electrons. The second-order valence-corrected chi connectivity index (χ2v) is 6.08. The molecule has 2 aromatic rings. The second-order valence-electron chi connectivity index (χ2n) is 4.86. The zero-order valence-corrected chi connectivity index (χ0v) is 12.6. The Labute approximate surface area is 128 Å². The minimum Gasteiger partial charge on any atom is -0.334 e. The van der Waals surface area contributed by atoms with Crippen molar-refractivity contribution >= 4 is 17.8 Å². The van der Waals surface area contributed by atoms with Gasteiger partial charge in [-0.1, -0.05) is 18.2 Å². The lowest BCUT2D eigenvalue weighted by atomic mass is 10.1. The average molecular weight is 302 g/mol. The lowest BCUT2D eigenvalue weighted by Crippen LogP contribution is -2.44. The first-order valence-electron chi connectivity index (χ1n) is 7.01. The van der Waals surface area contributed by atoms with E-state index in [1.165, 1.54) is 0 Å². The first-order valence-corrected chi connectivity index (χ1v) is 8.17. The number of benzene rings is 1. The third-order valence-electron chi connectivity index (χ3n) is 3.50. The number of imidazole rings is 1. The fourth-order valence-electron chi connectivity index (χ4n) is 2.36. The summed E-state index contributed by atoms with van der Waals surface area (Å²) >= 11 is 1.90. The van der Waals surface area contributed by atoms with Crippen molar-refractivity contribution in [1.82, 2.24) is 19.8 Å². The molecule has 1 aromatic heterocycles. The van der Waals surface area contributed by atoms with Crippen LogP contribution >= 0.6 is 11.8 Å². The van der Waals surface area contributed by atoms with Crippen molar-refractivity contribution in [2.45, 2.75) is 6.54 Å². The van der Waals surface area contributed by atoms with Crippen molar-refractivity contribution in [3.8, 4) is 5.69 Å². The summed E-state index contributed by atoms with van der Waals surface area (Å²) in [5, 5.41) is 3.01. The molecular weight excluding hydrogens is 284 g/mol. The van der Waals surface area contributed by atoms with Gasteiger partial charge in [0, 0.05) is 43.5 Å². The Morgan fingerprint density at radius 1 is 1.29 bits per heavy atom. The number of hydrogen-bond donors (Lipinski definition) is 1. The van der Waals surface area contributed by atoms with Gasteiger partial charge in [0.1, 0.15) is 0 Å². The van der Waals surface area contributed by atoms with Crippen LogP contribution in [0.3, 0.4) is 0 Å². The summed E-state index contributed by atoms with van der Waals surface area (Å²) < 4.78 is 1.96. The van der Waals surface area contributed by atoms with Crippen LogP contribution in [0.15, 0.2) is 43.0 Å². The predicted molar refractivity (Wildman–Crippen MR) is 84.7 cm³/mol. The molecule has 3 rings (SSSR count). The number of carbonyl (C=O) groups excluding carboxylic acids is 1. The van der Waals surface area contributed by atoms with Crippen LogP contribution < -0.4 is 5.32 Å². The molecule has 0 bridgehead atoms. The van der Waals surface area contributed by atoms with E-state index >= 15 is 0 Å². The number of hydrogen-bond acceptors (Lipinski definition) is 3. The van der Waals surface area contributed by atoms with Crippen LogP contribution in [0, 0.1) is 0 Å². The van der Waals surface area contributed by atoms with Crippen molar-refractivity contribution in [2.24, 2.45) is 0 Å². The van der Waals surface area contributed by atoms with Gasteiger partial charge in [-0.3, -0.25) is 0 Å². The van der Waals surface area contributed by atoms with Crippen LogP contribution in [0.1, 0.15) is 5.56 Å². The Morgan fingerprint density at radius 2 is 2.10 bits per heavy atom. The van der Waals surface area contributed by atoms with Crippen molar-refractivity contribution in [3.63, 3.8) is 0 Å². The highest BCUT2D eigenvalue weighted by atomic mass is 32.2. The zero-order valence-electron chi connectivity index (χ0n) is 11.7. The normalized spacial score (nSPS) is 15.0. The number of carbonyl (C=O) groups is 1. The number of rotatable bonds is 3. The molecule has 6 heteroatoms. The molecule has 0 saturated carbocycles. The topological polar surface area (TPSA) is 50.2 Å². The van der Waals surface area contributed by atoms with Gasteiger partial charge >= 0.3 is 6.03 Å². The Hall–Kier alpha value is -1.95. The number of nitrogens with one attached hydrogen (secondary N) is 1. The molecule has 0 atom stereocenters. The third-order valence-corrected chi connectivity index (χ3v) is 4.45. The summed E-state index contributed by atoms with van der Waals surface area (Å²) in [6.07, 6.45) is 5.42. The third kappa shape index (κ3) is 3.39. The molecule has 1 fully saturated rings. The van der Waals surface area contributed by atoms with Crippen molar-refractivity contribution in [3.05, 3.63) is 48.5 Å². The SMILES string of the molecule is O=C(NCc1ccccc1-n1ccnc1)N1CCSCC1. The highest BCUT2D eigenvalue weighted by Crippen LogP contribution is 2.14. The molecule has 1 aliphatic heterocycles. The average Bonchev–Trinajstić information content (AvgIpc) is 3.08. The fraction of sp³-hybridized carbons (Fsp3) is 0.333. The van der Waals surface area contributed by atoms with Gasteiger partial charge in [-0.25, -0.2) is 9.78 Å². The van der Waals surface area contributed by atoms with Gasteiger partial charge in [-0.2, -0.15) is 11.8 Å². The highest BCUT2D eigenvalue weighted by Gasteiger charge is 2.16. The molecule has 2 amide bonds. The molecule has 0 radical (unpaired) electrons. The standard InChI is InChI=1S/C15H18N4OS/c20-15(18-7-9-21-10-8-18)17-11-13-3-1-2-4-14(13)19-6-5-16-12-19/h1-6,12H,7-11H2,(H,17,20). The Balaban J connectivity index is 1.66. The Bertz CT molecular complexity index is 593. The minimum atomic E-state index is 0.0238. The molecule has 0 spiro atoms. The fourth-order valence-corrected chi connectivity index (χ4v) is 3.27. The summed E-state index contributed by atoms with van der Waals surface area (Å²) in [5.74, 6) is 2.05. The summed E-state index contributed by atoms with van der Waals surface area (Å²) in [5.41, 5.74) is 2.12. The van der Waals surface area contributed by atoms with E-state index in [1.54, 1.807) is 12.5 Å². The van der Waals surface area contributed by atoms with Crippen LogP contribution in [-0.4, -0.2) is 45.1 Å². The highest BCUT2D eigenvalue weighted by molar-refractivity contribution is 7.99. The maximum Gasteiger partial charge on any atom is 0.317 e. The lowest BCUT2D eigenvalue weighted by Gasteiger charge is -2.26. The number of urea groups is 1. The van der Waals surface area contributed by atoms with E-state index in [9.17, 15) is 4.79 Å². The molecule has 1 aromatic carbocycles. The van der Waals surface area contributed by atoms with E-state index in [-0.39, 0.29) is 6.03 Å². The summed E-state index contributed by atoms with van der Waals surface area (Å²) in [6.45, 7) is 2.19. The maximum absolute atomic E-state index is 12.2. The second kappa shape index (κ2) is 6.67. The predicted octanol–water partition coefficient (Wildman–Crippen LogP) is 2.13. The van der Waals surface area contributed by atoms with Gasteiger partial charge in [-0.15, -0.1) is 0 Å². The molecular formula is C15H18N4OS. The summed E-state index contributed by atoms with van der Waals surface area (Å²) in [4.78, 5) is 18.1. The van der Waals surface area contributed by atoms with E-state index in [2.05, 4.69) is 10.3 Å². The van der Waals surface area contributed by atoms with Crippen LogP contribution in [0.5, 0.6) is 0 Å². The molecule has 0 aliphatic carbocycles. The maximum atomic E-state index is 12.2. The summed E-state index contributed by atoms with van der Waals surface area (Å²) in [7, 11) is 0. The minimum absolute atomic E-state index is 0.0238. The van der Waals surface area contributed by atoms with E-state index in [0.717, 1.165) is 35.8 Å². The van der Waals surface area contributed by atoms with E-state index in [0.29, 0.717) is 6.54 Å². The molecule has 0 unspecified atom stereocenters. The van der Waals surface area contributed by atoms with Gasteiger partial charge in [0.15, 0.2) is 0 Å². The van der Waals surface area contributed by atoms with Gasteiger partial charge in [0.05, 0.1) is 12.0 Å². The van der Waals surface area contributed by atoms with E-state index < -0.39 is 0 Å². The molecule has 2 heterocycles. The smallest absolute Gasteiger partial charge is 0.317 e. The monoisotopic (exact) mass is 302 g/mol. The number of amides is 2. The van der Waals surface area contributed by atoms with Gasteiger partial charge in [0.2, 0.25) is 0 Å².